The van der Waals surface area contributed by atoms with Crippen LogP contribution in [0.25, 0.3) is 0 Å². The Bertz CT molecular complexity index is 453. The molecule has 0 fully saturated rings. The second-order valence-corrected chi connectivity index (χ2v) is 4.73. The van der Waals surface area contributed by atoms with Crippen molar-refractivity contribution >= 4 is 5.97 Å². The molecule has 0 bridgehead atoms. The first-order chi connectivity index (χ1) is 8.97. The Labute approximate surface area is 113 Å². The number of carbonyl (C=O) groups is 1. The highest BCUT2D eigenvalue weighted by molar-refractivity contribution is 5.82. The van der Waals surface area contributed by atoms with Crippen molar-refractivity contribution in [2.24, 2.45) is 0 Å². The predicted octanol–water partition coefficient (Wildman–Crippen LogP) is 2.81. The molecule has 0 heterocycles. The van der Waals surface area contributed by atoms with Gasteiger partial charge in [-0.25, -0.2) is 9.18 Å². The van der Waals surface area contributed by atoms with Gasteiger partial charge < -0.3 is 10.1 Å². The molecule has 0 amide bonds. The molecule has 1 aromatic carbocycles. The molecule has 1 atom stereocenters. The zero-order chi connectivity index (χ0) is 14.3. The molecular weight excluding hydrogens is 245 g/mol. The van der Waals surface area contributed by atoms with Crippen LogP contribution in [0, 0.1) is 5.82 Å². The van der Waals surface area contributed by atoms with E-state index in [1.807, 2.05) is 26.8 Å². The molecule has 0 aliphatic carbocycles. The molecule has 0 aliphatic rings. The summed E-state index contributed by atoms with van der Waals surface area (Å²) < 4.78 is 18.1. The first-order valence-electron chi connectivity index (χ1n) is 6.28. The van der Waals surface area contributed by atoms with Crippen molar-refractivity contribution < 1.29 is 13.9 Å². The summed E-state index contributed by atoms with van der Waals surface area (Å²) in [5.74, 6) is -0.581. The fraction of sp³-hybridized carbons (Fsp3) is 0.400. The van der Waals surface area contributed by atoms with Crippen LogP contribution in [0.2, 0.25) is 0 Å². The molecule has 3 nitrogen and oxygen atoms in total. The Hall–Kier alpha value is -1.68. The molecule has 0 radical (unpaired) electrons. The maximum Gasteiger partial charge on any atom is 0.330 e. The van der Waals surface area contributed by atoms with Crippen LogP contribution in [0.3, 0.4) is 0 Å². The first kappa shape index (κ1) is 15.4. The van der Waals surface area contributed by atoms with Crippen LogP contribution in [-0.2, 0) is 16.1 Å². The number of allylic oxidation sites excluding steroid dienone is 1. The highest BCUT2D eigenvalue weighted by atomic mass is 19.1. The fourth-order valence-corrected chi connectivity index (χ4v) is 1.58. The van der Waals surface area contributed by atoms with Crippen LogP contribution in [0.1, 0.15) is 26.3 Å². The third kappa shape index (κ3) is 6.72. The smallest absolute Gasteiger partial charge is 0.330 e. The zero-order valence-electron chi connectivity index (χ0n) is 11.6. The number of nitrogens with one attached hydrogen (secondary N) is 1. The maximum absolute atomic E-state index is 12.9. The van der Waals surface area contributed by atoms with Crippen LogP contribution in [-0.4, -0.2) is 18.6 Å². The van der Waals surface area contributed by atoms with Gasteiger partial charge in [0.25, 0.3) is 0 Å². The van der Waals surface area contributed by atoms with Crippen molar-refractivity contribution in [2.45, 2.75) is 33.4 Å². The van der Waals surface area contributed by atoms with Crippen LogP contribution in [0.4, 0.5) is 4.39 Å². The molecule has 0 aliphatic heterocycles. The third-order valence-electron chi connectivity index (χ3n) is 2.37. The van der Waals surface area contributed by atoms with E-state index in [1.165, 1.54) is 18.2 Å². The standard InChI is InChI=1S/C15H20FNO2/c1-11(2)7-15(18)19-12(3)9-17-10-13-5-4-6-14(16)8-13/h4-8,12,17H,9-10H2,1-3H3. The quantitative estimate of drug-likeness (QED) is 0.635. The van der Waals surface area contributed by atoms with Crippen LogP contribution < -0.4 is 5.32 Å². The van der Waals surface area contributed by atoms with E-state index < -0.39 is 0 Å². The average molecular weight is 265 g/mol. The maximum atomic E-state index is 12.9. The van der Waals surface area contributed by atoms with Gasteiger partial charge in [-0.15, -0.1) is 0 Å². The van der Waals surface area contributed by atoms with E-state index in [0.29, 0.717) is 13.1 Å². The number of halogens is 1. The number of benzene rings is 1. The molecule has 1 unspecified atom stereocenters. The summed E-state index contributed by atoms with van der Waals surface area (Å²) in [5.41, 5.74) is 1.77. The number of carbonyl (C=O) groups excluding carboxylic acids is 1. The summed E-state index contributed by atoms with van der Waals surface area (Å²) in [6.45, 7) is 6.57. The van der Waals surface area contributed by atoms with Gasteiger partial charge in [-0.3, -0.25) is 0 Å². The Morgan fingerprint density at radius 2 is 2.21 bits per heavy atom. The predicted molar refractivity (Wildman–Crippen MR) is 73.1 cm³/mol. The highest BCUT2D eigenvalue weighted by Crippen LogP contribution is 2.03. The lowest BCUT2D eigenvalue weighted by Gasteiger charge is -2.13. The number of rotatable bonds is 6. The topological polar surface area (TPSA) is 38.3 Å². The van der Waals surface area contributed by atoms with Crippen LogP contribution in [0.15, 0.2) is 35.9 Å². The summed E-state index contributed by atoms with van der Waals surface area (Å²) in [6.07, 6.45) is 1.24. The normalized spacial score (nSPS) is 11.8. The lowest BCUT2D eigenvalue weighted by molar-refractivity contribution is -0.142. The summed E-state index contributed by atoms with van der Waals surface area (Å²) in [4.78, 5) is 11.4. The minimum absolute atomic E-state index is 0.225. The fourth-order valence-electron chi connectivity index (χ4n) is 1.58. The Balaban J connectivity index is 2.29. The first-order valence-corrected chi connectivity index (χ1v) is 6.28. The molecule has 4 heteroatoms. The van der Waals surface area contributed by atoms with Crippen molar-refractivity contribution in [1.82, 2.24) is 5.32 Å². The van der Waals surface area contributed by atoms with Gasteiger partial charge in [0.15, 0.2) is 0 Å². The highest BCUT2D eigenvalue weighted by Gasteiger charge is 2.06. The minimum atomic E-state index is -0.333. The van der Waals surface area contributed by atoms with Gasteiger partial charge in [0.05, 0.1) is 0 Å². The molecule has 19 heavy (non-hydrogen) atoms. The van der Waals surface area contributed by atoms with E-state index in [-0.39, 0.29) is 17.9 Å². The largest absolute Gasteiger partial charge is 0.458 e. The molecule has 0 aromatic heterocycles. The van der Waals surface area contributed by atoms with Crippen molar-refractivity contribution in [3.8, 4) is 0 Å². The molecule has 1 aromatic rings. The molecular formula is C15H20FNO2. The summed E-state index contributed by atoms with van der Waals surface area (Å²) in [6, 6.07) is 6.40. The van der Waals surface area contributed by atoms with E-state index in [1.54, 1.807) is 6.07 Å². The van der Waals surface area contributed by atoms with Crippen molar-refractivity contribution in [3.05, 3.63) is 47.3 Å². The SMILES string of the molecule is CC(C)=CC(=O)OC(C)CNCc1cccc(F)c1. The van der Waals surface area contributed by atoms with E-state index >= 15 is 0 Å². The van der Waals surface area contributed by atoms with Crippen molar-refractivity contribution in [1.29, 1.82) is 0 Å². The summed E-state index contributed by atoms with van der Waals surface area (Å²) in [7, 11) is 0. The van der Waals surface area contributed by atoms with E-state index in [2.05, 4.69) is 5.32 Å². The minimum Gasteiger partial charge on any atom is -0.458 e. The lowest BCUT2D eigenvalue weighted by Crippen LogP contribution is -2.28. The van der Waals surface area contributed by atoms with Gasteiger partial charge in [0.1, 0.15) is 11.9 Å². The van der Waals surface area contributed by atoms with E-state index in [0.717, 1.165) is 11.1 Å². The Morgan fingerprint density at radius 3 is 2.84 bits per heavy atom. The molecule has 1 rings (SSSR count). The molecule has 1 N–H and O–H groups in total. The van der Waals surface area contributed by atoms with Crippen molar-refractivity contribution in [3.63, 3.8) is 0 Å². The second-order valence-electron chi connectivity index (χ2n) is 4.73. The van der Waals surface area contributed by atoms with Crippen LogP contribution >= 0.6 is 0 Å². The molecule has 0 saturated carbocycles. The molecule has 104 valence electrons. The Kier molecular flexibility index (Phi) is 6.22. The summed E-state index contributed by atoms with van der Waals surface area (Å²) in [5, 5.41) is 3.12. The second kappa shape index (κ2) is 7.69. The Morgan fingerprint density at radius 1 is 1.47 bits per heavy atom. The summed E-state index contributed by atoms with van der Waals surface area (Å²) >= 11 is 0. The van der Waals surface area contributed by atoms with Gasteiger partial charge in [0.2, 0.25) is 0 Å². The molecule has 0 saturated heterocycles. The number of ether oxygens (including phenoxy) is 1. The van der Waals surface area contributed by atoms with Gasteiger partial charge in [0, 0.05) is 19.2 Å². The lowest BCUT2D eigenvalue weighted by atomic mass is 10.2. The third-order valence-corrected chi connectivity index (χ3v) is 2.37. The molecule has 0 spiro atoms. The number of esters is 1. The van der Waals surface area contributed by atoms with Gasteiger partial charge in [-0.05, 0) is 38.5 Å². The van der Waals surface area contributed by atoms with Gasteiger partial charge in [-0.2, -0.15) is 0 Å². The van der Waals surface area contributed by atoms with E-state index in [4.69, 9.17) is 4.74 Å². The zero-order valence-corrected chi connectivity index (χ0v) is 11.6. The average Bonchev–Trinajstić information content (AvgIpc) is 2.27. The number of hydrogen-bond acceptors (Lipinski definition) is 3. The van der Waals surface area contributed by atoms with Gasteiger partial charge in [-0.1, -0.05) is 17.7 Å². The monoisotopic (exact) mass is 265 g/mol. The van der Waals surface area contributed by atoms with Gasteiger partial charge >= 0.3 is 5.97 Å². The number of hydrogen-bond donors (Lipinski definition) is 1. The van der Waals surface area contributed by atoms with Crippen molar-refractivity contribution in [2.75, 3.05) is 6.54 Å². The van der Waals surface area contributed by atoms with Crippen LogP contribution in [0.5, 0.6) is 0 Å². The van der Waals surface area contributed by atoms with E-state index in [9.17, 15) is 9.18 Å².